The molecule has 0 spiro atoms. The van der Waals surface area contributed by atoms with E-state index in [2.05, 4.69) is 16.0 Å². The number of amides is 5. The molecular weight excluding hydrogens is 720 g/mol. The molecule has 0 radical (unpaired) electrons. The standard InChI is InChI=1S/C19H29N3O4.C10H14N2O.C9H17NO4.ClH/c1-5-9-13(2)17(24)18(25)20-12-15(23)21-16(19(26)22(3)4)14-10-7-6-8-11-14;1-12(2)10(13)9(11)8-6-4-3-5-7-8;1-3-4-6(2)8(13)9(14)10-5-7(11)12;/h6-8,10-11,13,16-17,24H,5,9,12H2,1-4H3,(H,20,25)(H,21,23);3-7,9H,11H2,1-2H3;6,8,13H,3-5H2,1-2H3,(H,10,14)(H,11,12);1H/t13?,16-,17?;9-;;/m00../s1. The maximum atomic E-state index is 12.4. The number of halogens is 1. The zero-order valence-electron chi connectivity index (χ0n) is 32.7. The number of carbonyl (C=O) groups excluding carboxylic acids is 5. The summed E-state index contributed by atoms with van der Waals surface area (Å²) in [6.07, 6.45) is 0.919. The van der Waals surface area contributed by atoms with Crippen LogP contribution in [0.2, 0.25) is 0 Å². The van der Waals surface area contributed by atoms with Gasteiger partial charge in [-0.25, -0.2) is 0 Å². The summed E-state index contributed by atoms with van der Waals surface area (Å²) < 4.78 is 0. The Morgan fingerprint density at radius 2 is 1.06 bits per heavy atom. The Kier molecular flexibility index (Phi) is 26.7. The number of nitrogens with two attached hydrogens (primary N) is 1. The van der Waals surface area contributed by atoms with E-state index in [1.807, 2.05) is 50.2 Å². The summed E-state index contributed by atoms with van der Waals surface area (Å²) in [4.78, 5) is 72.1. The molecule has 0 aliphatic rings. The SMILES string of the molecule is CCCC(C)C(O)C(=O)NCC(=O)N[C@H](C(=O)N(C)C)c1ccccc1.CCCC(C)C(O)C(=O)NCC(=O)O.CN(C)C(=O)[C@@H](N)c1ccccc1.Cl. The van der Waals surface area contributed by atoms with Crippen molar-refractivity contribution in [1.82, 2.24) is 25.8 Å². The lowest BCUT2D eigenvalue weighted by atomic mass is 9.99. The van der Waals surface area contributed by atoms with Gasteiger partial charge in [-0.1, -0.05) is 101 Å². The summed E-state index contributed by atoms with van der Waals surface area (Å²) >= 11 is 0. The molecule has 5 amide bonds. The highest BCUT2D eigenvalue weighted by atomic mass is 35.5. The third-order valence-corrected chi connectivity index (χ3v) is 7.93. The molecular formula is C38H61ClN6O9. The number of hydrogen-bond acceptors (Lipinski definition) is 9. The Hall–Kier alpha value is -4.57. The molecule has 15 nitrogen and oxygen atoms in total. The predicted octanol–water partition coefficient (Wildman–Crippen LogP) is 2.03. The molecule has 0 fully saturated rings. The Morgan fingerprint density at radius 1 is 0.667 bits per heavy atom. The highest BCUT2D eigenvalue weighted by Gasteiger charge is 2.26. The van der Waals surface area contributed by atoms with Gasteiger partial charge in [-0.3, -0.25) is 28.8 Å². The lowest BCUT2D eigenvalue weighted by Gasteiger charge is -2.22. The molecule has 0 bridgehead atoms. The fraction of sp³-hybridized carbons (Fsp3) is 0.526. The van der Waals surface area contributed by atoms with Gasteiger partial charge in [0.2, 0.25) is 29.5 Å². The van der Waals surface area contributed by atoms with E-state index in [1.165, 1.54) is 9.80 Å². The fourth-order valence-corrected chi connectivity index (χ4v) is 4.77. The fourth-order valence-electron chi connectivity index (χ4n) is 4.77. The minimum atomic E-state index is -1.16. The van der Waals surface area contributed by atoms with Crippen LogP contribution in [0.25, 0.3) is 0 Å². The summed E-state index contributed by atoms with van der Waals surface area (Å²) in [5.74, 6) is -3.50. The van der Waals surface area contributed by atoms with Gasteiger partial charge in [-0.05, 0) is 35.8 Å². The van der Waals surface area contributed by atoms with Gasteiger partial charge in [-0.2, -0.15) is 0 Å². The summed E-state index contributed by atoms with van der Waals surface area (Å²) in [6.45, 7) is 6.72. The largest absolute Gasteiger partial charge is 0.480 e. The van der Waals surface area contributed by atoms with Gasteiger partial charge in [0.25, 0.3) is 0 Å². The van der Waals surface area contributed by atoms with Crippen molar-refractivity contribution in [2.75, 3.05) is 41.3 Å². The van der Waals surface area contributed by atoms with Crippen molar-refractivity contribution in [3.63, 3.8) is 0 Å². The molecule has 304 valence electrons. The number of hydrogen-bond donors (Lipinski definition) is 7. The van der Waals surface area contributed by atoms with E-state index < -0.39 is 54.5 Å². The first-order valence-corrected chi connectivity index (χ1v) is 17.6. The lowest BCUT2D eigenvalue weighted by Crippen LogP contribution is -2.46. The minimum Gasteiger partial charge on any atom is -0.480 e. The number of aliphatic hydroxyl groups is 2. The van der Waals surface area contributed by atoms with Gasteiger partial charge in [0.1, 0.15) is 30.8 Å². The lowest BCUT2D eigenvalue weighted by molar-refractivity contribution is -0.140. The van der Waals surface area contributed by atoms with Crippen LogP contribution in [0.5, 0.6) is 0 Å². The molecule has 2 rings (SSSR count). The van der Waals surface area contributed by atoms with Crippen LogP contribution in [-0.2, 0) is 28.8 Å². The number of likely N-dealkylation sites (N-methyl/N-ethyl adjacent to an activating group) is 2. The number of nitrogens with one attached hydrogen (secondary N) is 3. The molecule has 16 heteroatoms. The van der Waals surface area contributed by atoms with Gasteiger partial charge >= 0.3 is 5.97 Å². The van der Waals surface area contributed by atoms with Crippen molar-refractivity contribution >= 4 is 47.9 Å². The molecule has 2 aromatic carbocycles. The molecule has 0 saturated heterocycles. The molecule has 0 saturated carbocycles. The number of benzene rings is 2. The van der Waals surface area contributed by atoms with E-state index in [4.69, 9.17) is 10.8 Å². The van der Waals surface area contributed by atoms with Crippen LogP contribution in [0.1, 0.15) is 76.6 Å². The molecule has 8 N–H and O–H groups in total. The number of nitrogens with zero attached hydrogens (tertiary/aromatic N) is 2. The smallest absolute Gasteiger partial charge is 0.322 e. The van der Waals surface area contributed by atoms with Crippen LogP contribution in [0.3, 0.4) is 0 Å². The molecule has 2 aromatic rings. The Labute approximate surface area is 325 Å². The van der Waals surface area contributed by atoms with E-state index in [0.29, 0.717) is 12.0 Å². The predicted molar refractivity (Wildman–Crippen MR) is 209 cm³/mol. The van der Waals surface area contributed by atoms with Crippen molar-refractivity contribution in [2.24, 2.45) is 17.6 Å². The van der Waals surface area contributed by atoms with Gasteiger partial charge in [0.05, 0.1) is 6.54 Å². The molecule has 6 atom stereocenters. The quantitative estimate of drug-likeness (QED) is 0.123. The summed E-state index contributed by atoms with van der Waals surface area (Å²) in [6, 6.07) is 16.9. The maximum Gasteiger partial charge on any atom is 0.322 e. The van der Waals surface area contributed by atoms with Crippen LogP contribution in [-0.4, -0.2) is 114 Å². The third-order valence-electron chi connectivity index (χ3n) is 7.93. The number of carboxylic acid groups (broad SMARTS) is 1. The second-order valence-corrected chi connectivity index (χ2v) is 13.0. The molecule has 0 aliphatic heterocycles. The monoisotopic (exact) mass is 780 g/mol. The third kappa shape index (κ3) is 20.0. The van der Waals surface area contributed by atoms with Crippen LogP contribution in [0.4, 0.5) is 0 Å². The van der Waals surface area contributed by atoms with Crippen molar-refractivity contribution in [3.8, 4) is 0 Å². The summed E-state index contributed by atoms with van der Waals surface area (Å²) in [5, 5.41) is 34.9. The van der Waals surface area contributed by atoms with Gasteiger partial charge < -0.3 is 46.8 Å². The van der Waals surface area contributed by atoms with Crippen LogP contribution in [0.15, 0.2) is 60.7 Å². The number of aliphatic hydroxyl groups excluding tert-OH is 2. The molecule has 54 heavy (non-hydrogen) atoms. The number of carbonyl (C=O) groups is 6. The summed E-state index contributed by atoms with van der Waals surface area (Å²) in [5.41, 5.74) is 7.25. The second-order valence-electron chi connectivity index (χ2n) is 13.0. The zero-order chi connectivity index (χ0) is 40.7. The number of aliphatic carboxylic acids is 1. The van der Waals surface area contributed by atoms with Crippen molar-refractivity contribution in [3.05, 3.63) is 71.8 Å². The van der Waals surface area contributed by atoms with Crippen molar-refractivity contribution in [2.45, 2.75) is 77.7 Å². The van der Waals surface area contributed by atoms with Crippen LogP contribution in [0, 0.1) is 11.8 Å². The number of carboxylic acids is 1. The Balaban J connectivity index is 0. The van der Waals surface area contributed by atoms with E-state index >= 15 is 0 Å². The van der Waals surface area contributed by atoms with Gasteiger partial charge in [0.15, 0.2) is 0 Å². The molecule has 0 aromatic heterocycles. The van der Waals surface area contributed by atoms with E-state index in [0.717, 1.165) is 24.8 Å². The van der Waals surface area contributed by atoms with Gasteiger partial charge in [-0.15, -0.1) is 12.4 Å². The highest BCUT2D eigenvalue weighted by molar-refractivity contribution is 5.91. The van der Waals surface area contributed by atoms with Crippen LogP contribution < -0.4 is 21.7 Å². The molecule has 0 heterocycles. The normalized spacial score (nSPS) is 13.5. The topological polar surface area (TPSA) is 232 Å². The average molecular weight is 781 g/mol. The maximum absolute atomic E-state index is 12.4. The Bertz CT molecular complexity index is 1420. The molecule has 0 aliphatic carbocycles. The van der Waals surface area contributed by atoms with Gasteiger partial charge in [0, 0.05) is 28.2 Å². The Morgan fingerprint density at radius 3 is 1.43 bits per heavy atom. The van der Waals surface area contributed by atoms with Crippen LogP contribution >= 0.6 is 12.4 Å². The van der Waals surface area contributed by atoms with Crippen molar-refractivity contribution < 1.29 is 44.1 Å². The summed E-state index contributed by atoms with van der Waals surface area (Å²) in [7, 11) is 6.62. The van der Waals surface area contributed by atoms with E-state index in [1.54, 1.807) is 66.3 Å². The van der Waals surface area contributed by atoms with Crippen molar-refractivity contribution in [1.29, 1.82) is 0 Å². The minimum absolute atomic E-state index is 0. The second kappa shape index (κ2) is 28.0. The first kappa shape index (κ1) is 51.5. The first-order valence-electron chi connectivity index (χ1n) is 17.6. The van der Waals surface area contributed by atoms with E-state index in [-0.39, 0.29) is 42.6 Å². The van der Waals surface area contributed by atoms with E-state index in [9.17, 15) is 39.0 Å². The average Bonchev–Trinajstić information content (AvgIpc) is 3.14. The first-order chi connectivity index (χ1) is 24.9. The molecule has 4 unspecified atom stereocenters. The highest BCUT2D eigenvalue weighted by Crippen LogP contribution is 2.15. The zero-order valence-corrected chi connectivity index (χ0v) is 33.5. The number of rotatable bonds is 17.